The Kier molecular flexibility index (Phi) is 2.09. The van der Waals surface area contributed by atoms with Crippen LogP contribution >= 0.6 is 11.3 Å². The molecule has 3 rings (SSSR count). The molecular formula is C11H12N2OS. The molecule has 0 amide bonds. The summed E-state index contributed by atoms with van der Waals surface area (Å²) in [4.78, 5) is 16.7. The molecule has 3 nitrogen and oxygen atoms in total. The Hall–Kier alpha value is -1.16. The van der Waals surface area contributed by atoms with Crippen molar-refractivity contribution in [3.05, 3.63) is 26.9 Å². The van der Waals surface area contributed by atoms with E-state index in [0.29, 0.717) is 0 Å². The molecule has 3 heterocycles. The molecule has 0 unspecified atom stereocenters. The zero-order valence-electron chi connectivity index (χ0n) is 8.40. The molecule has 0 saturated carbocycles. The maximum absolute atomic E-state index is 12.1. The lowest BCUT2D eigenvalue weighted by atomic mass is 10.2. The smallest absolute Gasteiger partial charge is 0.262 e. The van der Waals surface area contributed by atoms with Gasteiger partial charge in [-0.15, -0.1) is 11.3 Å². The number of aryl methyl sites for hydroxylation is 1. The molecule has 0 atom stereocenters. The Morgan fingerprint density at radius 1 is 1.27 bits per heavy atom. The molecule has 4 heteroatoms. The van der Waals surface area contributed by atoms with Crippen LogP contribution in [0.15, 0.2) is 15.6 Å². The number of fused-ring (bicyclic) bond motifs is 2. The van der Waals surface area contributed by atoms with Crippen LogP contribution in [-0.2, 0) is 13.0 Å². The maximum atomic E-state index is 12.1. The predicted octanol–water partition coefficient (Wildman–Crippen LogP) is 2.18. The average Bonchev–Trinajstić information content (AvgIpc) is 2.56. The first kappa shape index (κ1) is 9.09. The predicted molar refractivity (Wildman–Crippen MR) is 61.4 cm³/mol. The SMILES string of the molecule is O=c1c2cscc2nc2n1CCCCC2. The van der Waals surface area contributed by atoms with Crippen molar-refractivity contribution in [3.8, 4) is 0 Å². The Bertz CT molecular complexity index is 555. The van der Waals surface area contributed by atoms with E-state index < -0.39 is 0 Å². The third-order valence-corrected chi connectivity index (χ3v) is 3.69. The molecule has 2 aromatic rings. The molecular weight excluding hydrogens is 208 g/mol. The van der Waals surface area contributed by atoms with Gasteiger partial charge in [0.05, 0.1) is 10.9 Å². The summed E-state index contributed by atoms with van der Waals surface area (Å²) in [6.45, 7) is 0.840. The minimum absolute atomic E-state index is 0.151. The first-order valence-corrected chi connectivity index (χ1v) is 6.26. The summed E-state index contributed by atoms with van der Waals surface area (Å²) in [6.07, 6.45) is 4.41. The normalized spacial score (nSPS) is 16.3. The summed E-state index contributed by atoms with van der Waals surface area (Å²) in [5, 5.41) is 4.65. The van der Waals surface area contributed by atoms with E-state index >= 15 is 0 Å². The number of hydrogen-bond acceptors (Lipinski definition) is 3. The largest absolute Gasteiger partial charge is 0.296 e. The highest BCUT2D eigenvalue weighted by Gasteiger charge is 2.13. The van der Waals surface area contributed by atoms with Gasteiger partial charge in [-0.3, -0.25) is 9.36 Å². The van der Waals surface area contributed by atoms with Crippen LogP contribution in [0, 0.1) is 0 Å². The van der Waals surface area contributed by atoms with Gasteiger partial charge >= 0.3 is 0 Å². The van der Waals surface area contributed by atoms with Crippen LogP contribution in [0.5, 0.6) is 0 Å². The molecule has 0 saturated heterocycles. The van der Waals surface area contributed by atoms with Gasteiger partial charge in [-0.05, 0) is 12.8 Å². The molecule has 1 aliphatic rings. The lowest BCUT2D eigenvalue weighted by Crippen LogP contribution is -2.23. The Morgan fingerprint density at radius 2 is 2.20 bits per heavy atom. The minimum Gasteiger partial charge on any atom is -0.296 e. The second kappa shape index (κ2) is 3.45. The first-order chi connectivity index (χ1) is 7.36. The van der Waals surface area contributed by atoms with Crippen molar-refractivity contribution < 1.29 is 0 Å². The van der Waals surface area contributed by atoms with Gasteiger partial charge in [-0.25, -0.2) is 4.98 Å². The van der Waals surface area contributed by atoms with Gasteiger partial charge in [-0.2, -0.15) is 0 Å². The van der Waals surface area contributed by atoms with Crippen LogP contribution in [-0.4, -0.2) is 9.55 Å². The first-order valence-electron chi connectivity index (χ1n) is 5.32. The maximum Gasteiger partial charge on any atom is 0.262 e. The molecule has 2 aromatic heterocycles. The number of aromatic nitrogens is 2. The van der Waals surface area contributed by atoms with Crippen LogP contribution in [0.1, 0.15) is 25.1 Å². The van der Waals surface area contributed by atoms with Crippen LogP contribution in [0.4, 0.5) is 0 Å². The molecule has 0 bridgehead atoms. The number of rotatable bonds is 0. The van der Waals surface area contributed by atoms with E-state index in [1.807, 2.05) is 15.3 Å². The Morgan fingerprint density at radius 3 is 3.13 bits per heavy atom. The fourth-order valence-corrected chi connectivity index (χ4v) is 2.88. The van der Waals surface area contributed by atoms with E-state index in [1.165, 1.54) is 6.42 Å². The van der Waals surface area contributed by atoms with E-state index in [9.17, 15) is 4.79 Å². The third kappa shape index (κ3) is 1.40. The summed E-state index contributed by atoms with van der Waals surface area (Å²) in [6, 6.07) is 0. The molecule has 0 spiro atoms. The monoisotopic (exact) mass is 220 g/mol. The third-order valence-electron chi connectivity index (χ3n) is 2.96. The van der Waals surface area contributed by atoms with Crippen molar-refractivity contribution in [2.24, 2.45) is 0 Å². The van der Waals surface area contributed by atoms with Gasteiger partial charge in [0.2, 0.25) is 0 Å². The topological polar surface area (TPSA) is 34.9 Å². The highest BCUT2D eigenvalue weighted by atomic mass is 32.1. The fourth-order valence-electron chi connectivity index (χ4n) is 2.15. The van der Waals surface area contributed by atoms with E-state index in [1.54, 1.807) is 11.3 Å². The number of thiophene rings is 1. The standard InChI is InChI=1S/C11H12N2OS/c14-11-8-6-15-7-9(8)12-10-4-2-1-3-5-13(10)11/h6-7H,1-5H2. The van der Waals surface area contributed by atoms with Crippen molar-refractivity contribution in [2.45, 2.75) is 32.2 Å². The van der Waals surface area contributed by atoms with E-state index in [-0.39, 0.29) is 5.56 Å². The number of nitrogens with zero attached hydrogens (tertiary/aromatic N) is 2. The van der Waals surface area contributed by atoms with Crippen LogP contribution in [0.25, 0.3) is 10.9 Å². The summed E-state index contributed by atoms with van der Waals surface area (Å²) in [5.41, 5.74) is 1.02. The Balaban J connectivity index is 2.33. The van der Waals surface area contributed by atoms with Crippen molar-refractivity contribution in [2.75, 3.05) is 0 Å². The molecule has 1 aliphatic heterocycles. The molecule has 15 heavy (non-hydrogen) atoms. The molecule has 0 N–H and O–H groups in total. The van der Waals surface area contributed by atoms with Crippen molar-refractivity contribution in [3.63, 3.8) is 0 Å². The van der Waals surface area contributed by atoms with Gasteiger partial charge in [0.25, 0.3) is 5.56 Å². The van der Waals surface area contributed by atoms with Crippen molar-refractivity contribution in [1.82, 2.24) is 9.55 Å². The molecule has 0 radical (unpaired) electrons. The summed E-state index contributed by atoms with van der Waals surface area (Å²) >= 11 is 1.56. The zero-order chi connectivity index (χ0) is 10.3. The second-order valence-corrected chi connectivity index (χ2v) is 4.71. The second-order valence-electron chi connectivity index (χ2n) is 3.97. The highest BCUT2D eigenvalue weighted by Crippen LogP contribution is 2.17. The van der Waals surface area contributed by atoms with Gasteiger partial charge in [0, 0.05) is 23.7 Å². The van der Waals surface area contributed by atoms with E-state index in [4.69, 9.17) is 0 Å². The van der Waals surface area contributed by atoms with Crippen LogP contribution in [0.2, 0.25) is 0 Å². The minimum atomic E-state index is 0.151. The van der Waals surface area contributed by atoms with Crippen molar-refractivity contribution in [1.29, 1.82) is 0 Å². The molecule has 0 aromatic carbocycles. The summed E-state index contributed by atoms with van der Waals surface area (Å²) in [5.74, 6) is 0.975. The van der Waals surface area contributed by atoms with Gasteiger partial charge in [0.15, 0.2) is 0 Å². The summed E-state index contributed by atoms with van der Waals surface area (Å²) < 4.78 is 1.86. The van der Waals surface area contributed by atoms with Gasteiger partial charge in [-0.1, -0.05) is 6.42 Å². The van der Waals surface area contributed by atoms with Gasteiger partial charge < -0.3 is 0 Å². The average molecular weight is 220 g/mol. The van der Waals surface area contributed by atoms with E-state index in [2.05, 4.69) is 4.98 Å². The zero-order valence-corrected chi connectivity index (χ0v) is 9.22. The van der Waals surface area contributed by atoms with Crippen LogP contribution in [0.3, 0.4) is 0 Å². The molecule has 78 valence electrons. The fraction of sp³-hybridized carbons (Fsp3) is 0.455. The summed E-state index contributed by atoms with van der Waals surface area (Å²) in [7, 11) is 0. The van der Waals surface area contributed by atoms with Crippen molar-refractivity contribution >= 4 is 22.2 Å². The van der Waals surface area contributed by atoms with Gasteiger partial charge in [0.1, 0.15) is 5.82 Å². The van der Waals surface area contributed by atoms with E-state index in [0.717, 1.165) is 42.5 Å². The highest BCUT2D eigenvalue weighted by molar-refractivity contribution is 7.09. The Labute approximate surface area is 91.4 Å². The van der Waals surface area contributed by atoms with Crippen LogP contribution < -0.4 is 5.56 Å². The number of hydrogen-bond donors (Lipinski definition) is 0. The molecule has 0 fully saturated rings. The quantitative estimate of drug-likeness (QED) is 0.682. The molecule has 0 aliphatic carbocycles. The lowest BCUT2D eigenvalue weighted by Gasteiger charge is -2.07. The lowest BCUT2D eigenvalue weighted by molar-refractivity contribution is 0.614.